The van der Waals surface area contributed by atoms with Gasteiger partial charge in [-0.25, -0.2) is 14.2 Å². The van der Waals surface area contributed by atoms with Gasteiger partial charge >= 0.3 is 5.69 Å². The molecule has 140 valence electrons. The number of pyridine rings is 1. The van der Waals surface area contributed by atoms with Gasteiger partial charge in [0.25, 0.3) is 5.56 Å². The van der Waals surface area contributed by atoms with Crippen LogP contribution < -0.4 is 16.0 Å². The van der Waals surface area contributed by atoms with E-state index in [1.54, 1.807) is 0 Å². The van der Waals surface area contributed by atoms with Gasteiger partial charge in [0.05, 0.1) is 11.1 Å². The van der Waals surface area contributed by atoms with Gasteiger partial charge in [-0.15, -0.1) is 0 Å². The van der Waals surface area contributed by atoms with Crippen molar-refractivity contribution < 1.29 is 14.2 Å². The number of benzene rings is 1. The van der Waals surface area contributed by atoms with E-state index in [1.165, 1.54) is 35.9 Å². The number of nitrogens with zero attached hydrogens (tertiary/aromatic N) is 3. The first kappa shape index (κ1) is 17.4. The molecule has 0 bridgehead atoms. The maximum absolute atomic E-state index is 13.8. The molecule has 3 heterocycles. The van der Waals surface area contributed by atoms with E-state index in [1.807, 2.05) is 6.92 Å². The van der Waals surface area contributed by atoms with E-state index in [2.05, 4.69) is 4.98 Å². The summed E-state index contributed by atoms with van der Waals surface area (Å²) >= 11 is 0. The molecule has 0 amide bonds. The Bertz CT molecular complexity index is 1180. The number of fused-ring (bicyclic) bond motifs is 4. The van der Waals surface area contributed by atoms with Gasteiger partial charge in [0.15, 0.2) is 0 Å². The number of rotatable bonds is 3. The van der Waals surface area contributed by atoms with Gasteiger partial charge in [-0.3, -0.25) is 13.9 Å². The van der Waals surface area contributed by atoms with Gasteiger partial charge in [0, 0.05) is 24.7 Å². The lowest BCUT2D eigenvalue weighted by Crippen LogP contribution is -2.39. The van der Waals surface area contributed by atoms with Gasteiger partial charge in [0.2, 0.25) is 6.29 Å². The van der Waals surface area contributed by atoms with E-state index < -0.39 is 23.4 Å². The van der Waals surface area contributed by atoms with Crippen molar-refractivity contribution in [3.05, 3.63) is 56.5 Å². The van der Waals surface area contributed by atoms with Gasteiger partial charge in [0.1, 0.15) is 17.2 Å². The lowest BCUT2D eigenvalue weighted by atomic mass is 10.0. The molecule has 1 aliphatic rings. The fourth-order valence-electron chi connectivity index (χ4n) is 3.32. The summed E-state index contributed by atoms with van der Waals surface area (Å²) in [7, 11) is 1.41. The van der Waals surface area contributed by atoms with Crippen LogP contribution in [0.5, 0.6) is 5.75 Å². The highest BCUT2D eigenvalue weighted by Crippen LogP contribution is 2.41. The first-order valence-corrected chi connectivity index (χ1v) is 8.71. The van der Waals surface area contributed by atoms with E-state index >= 15 is 0 Å². The van der Waals surface area contributed by atoms with Crippen molar-refractivity contribution in [3.63, 3.8) is 0 Å². The van der Waals surface area contributed by atoms with Crippen LogP contribution in [-0.2, 0) is 13.6 Å². The lowest BCUT2D eigenvalue weighted by molar-refractivity contribution is -0.0215. The summed E-state index contributed by atoms with van der Waals surface area (Å²) in [5, 5.41) is 10.5. The van der Waals surface area contributed by atoms with Crippen molar-refractivity contribution in [2.75, 3.05) is 0 Å². The van der Waals surface area contributed by atoms with Crippen LogP contribution in [0, 0.1) is 5.82 Å². The minimum atomic E-state index is -1.34. The predicted molar refractivity (Wildman–Crippen MR) is 97.1 cm³/mol. The largest absolute Gasteiger partial charge is 0.460 e. The molecular formula is C19H18FN3O4. The number of aromatic nitrogens is 3. The molecule has 7 nitrogen and oxygen atoms in total. The quantitative estimate of drug-likeness (QED) is 0.762. The number of halogens is 1. The number of unbranched alkanes of at least 4 members (excludes halogenated alkanes) is 1. The maximum atomic E-state index is 13.8. The zero-order valence-corrected chi connectivity index (χ0v) is 14.9. The molecule has 1 atom stereocenters. The van der Waals surface area contributed by atoms with Crippen LogP contribution in [0.1, 0.15) is 31.6 Å². The van der Waals surface area contributed by atoms with Crippen LogP contribution in [0.15, 0.2) is 33.9 Å². The second-order valence-corrected chi connectivity index (χ2v) is 6.56. The molecule has 1 unspecified atom stereocenters. The minimum absolute atomic E-state index is 0.203. The monoisotopic (exact) mass is 371 g/mol. The molecule has 8 heteroatoms. The van der Waals surface area contributed by atoms with Crippen LogP contribution >= 0.6 is 0 Å². The van der Waals surface area contributed by atoms with Crippen LogP contribution in [0.2, 0.25) is 0 Å². The third-order valence-corrected chi connectivity index (χ3v) is 4.78. The first-order valence-electron chi connectivity index (χ1n) is 8.71. The summed E-state index contributed by atoms with van der Waals surface area (Å²) in [4.78, 5) is 29.7. The summed E-state index contributed by atoms with van der Waals surface area (Å²) in [6, 6.07) is 5.37. The normalized spacial score (nSPS) is 15.3. The Kier molecular flexibility index (Phi) is 4.07. The Morgan fingerprint density at radius 3 is 2.81 bits per heavy atom. The van der Waals surface area contributed by atoms with Gasteiger partial charge < -0.3 is 9.84 Å². The number of hydrogen-bond acceptors (Lipinski definition) is 5. The Hall–Kier alpha value is -3.00. The van der Waals surface area contributed by atoms with E-state index in [4.69, 9.17) is 4.74 Å². The lowest BCUT2D eigenvalue weighted by Gasteiger charge is -2.25. The maximum Gasteiger partial charge on any atom is 0.332 e. The highest BCUT2D eigenvalue weighted by atomic mass is 19.1. The zero-order valence-electron chi connectivity index (χ0n) is 14.9. The van der Waals surface area contributed by atoms with Crippen LogP contribution in [0.4, 0.5) is 4.39 Å². The number of ether oxygens (including phenoxy) is 1. The van der Waals surface area contributed by atoms with Crippen molar-refractivity contribution in [1.82, 2.24) is 14.1 Å². The van der Waals surface area contributed by atoms with E-state index in [-0.39, 0.29) is 22.3 Å². The molecule has 0 aliphatic carbocycles. The van der Waals surface area contributed by atoms with Crippen LogP contribution in [-0.4, -0.2) is 19.2 Å². The Balaban J connectivity index is 2.10. The molecule has 27 heavy (non-hydrogen) atoms. The Morgan fingerprint density at radius 2 is 2.07 bits per heavy atom. The number of hydrogen-bond donors (Lipinski definition) is 1. The molecule has 2 aromatic heterocycles. The summed E-state index contributed by atoms with van der Waals surface area (Å²) in [6.07, 6.45) is 0.265. The average molecular weight is 371 g/mol. The molecule has 0 saturated carbocycles. The number of aryl methyl sites for hydroxylation is 1. The Labute approximate surface area is 153 Å². The van der Waals surface area contributed by atoms with E-state index in [0.717, 1.165) is 17.4 Å². The highest BCUT2D eigenvalue weighted by Gasteiger charge is 2.28. The second kappa shape index (κ2) is 6.31. The SMILES string of the molecule is CCCCn1c(=O)n(C)c(=O)c2cc3c(nc21)-c1cc(F)ccc1OC3O. The predicted octanol–water partition coefficient (Wildman–Crippen LogP) is 2.08. The van der Waals surface area contributed by atoms with Crippen molar-refractivity contribution in [2.24, 2.45) is 7.05 Å². The smallest absolute Gasteiger partial charge is 0.332 e. The molecule has 0 fully saturated rings. The van der Waals surface area contributed by atoms with Gasteiger partial charge in [-0.1, -0.05) is 13.3 Å². The molecular weight excluding hydrogens is 353 g/mol. The van der Waals surface area contributed by atoms with E-state index in [9.17, 15) is 19.1 Å². The third-order valence-electron chi connectivity index (χ3n) is 4.78. The van der Waals surface area contributed by atoms with Crippen molar-refractivity contribution >= 4 is 11.0 Å². The van der Waals surface area contributed by atoms with E-state index in [0.29, 0.717) is 17.8 Å². The molecule has 0 spiro atoms. The van der Waals surface area contributed by atoms with Gasteiger partial charge in [-0.05, 0) is 30.7 Å². The summed E-state index contributed by atoms with van der Waals surface area (Å²) in [5.41, 5.74) is 0.190. The average Bonchev–Trinajstić information content (AvgIpc) is 2.66. The fourth-order valence-corrected chi connectivity index (χ4v) is 3.32. The molecule has 3 aromatic rings. The van der Waals surface area contributed by atoms with Crippen LogP contribution in [0.3, 0.4) is 0 Å². The van der Waals surface area contributed by atoms with Crippen molar-refractivity contribution in [3.8, 4) is 17.0 Å². The molecule has 1 aromatic carbocycles. The molecule has 4 rings (SSSR count). The van der Waals surface area contributed by atoms with Gasteiger partial charge in [-0.2, -0.15) is 0 Å². The molecule has 1 N–H and O–H groups in total. The topological polar surface area (TPSA) is 86.4 Å². The summed E-state index contributed by atoms with van der Waals surface area (Å²) in [5.74, 6) is -0.191. The highest BCUT2D eigenvalue weighted by molar-refractivity contribution is 5.83. The fraction of sp³-hybridized carbons (Fsp3) is 0.316. The number of aliphatic hydroxyl groups is 1. The third kappa shape index (κ3) is 2.64. The summed E-state index contributed by atoms with van der Waals surface area (Å²) in [6.45, 7) is 2.40. The van der Waals surface area contributed by atoms with Crippen molar-refractivity contribution in [1.29, 1.82) is 0 Å². The first-order chi connectivity index (χ1) is 12.9. The second-order valence-electron chi connectivity index (χ2n) is 6.56. The Morgan fingerprint density at radius 1 is 1.30 bits per heavy atom. The number of aliphatic hydroxyl groups excluding tert-OH is 1. The zero-order chi connectivity index (χ0) is 19.3. The molecule has 1 aliphatic heterocycles. The molecule has 0 radical (unpaired) electrons. The van der Waals surface area contributed by atoms with Crippen molar-refractivity contribution in [2.45, 2.75) is 32.6 Å². The summed E-state index contributed by atoms with van der Waals surface area (Å²) < 4.78 is 21.7. The standard InChI is InChI=1S/C19H18FN3O4/c1-3-4-7-23-16-13(17(24)22(2)19(23)26)9-12-15(21-16)11-8-10(20)5-6-14(11)27-18(12)25/h5-6,8-9,18,25H,3-4,7H2,1-2H3. The van der Waals surface area contributed by atoms with Crippen LogP contribution in [0.25, 0.3) is 22.3 Å². The minimum Gasteiger partial charge on any atom is -0.460 e. The molecule has 0 saturated heterocycles.